The van der Waals surface area contributed by atoms with E-state index < -0.39 is 11.9 Å². The smallest absolute Gasteiger partial charge is 0.308 e. The lowest BCUT2D eigenvalue weighted by atomic mass is 9.97. The summed E-state index contributed by atoms with van der Waals surface area (Å²) < 4.78 is 5.44. The van der Waals surface area contributed by atoms with Gasteiger partial charge in [-0.05, 0) is 26.2 Å². The second kappa shape index (κ2) is 7.67. The quantitative estimate of drug-likeness (QED) is 0.761. The number of aromatic nitrogens is 2. The van der Waals surface area contributed by atoms with Crippen LogP contribution in [0.1, 0.15) is 34.1 Å². The van der Waals surface area contributed by atoms with Gasteiger partial charge in [0.25, 0.3) is 0 Å². The van der Waals surface area contributed by atoms with E-state index in [4.69, 9.17) is 4.74 Å². The average Bonchev–Trinajstić information content (AvgIpc) is 2.33. The zero-order chi connectivity index (χ0) is 15.1. The van der Waals surface area contributed by atoms with Crippen LogP contribution in [-0.2, 0) is 4.79 Å². The lowest BCUT2D eigenvalue weighted by Gasteiger charge is -2.16. The molecule has 1 unspecified atom stereocenters. The molecule has 0 spiro atoms. The van der Waals surface area contributed by atoms with E-state index in [1.54, 1.807) is 6.20 Å². The number of carboxylic acid groups (broad SMARTS) is 1. The van der Waals surface area contributed by atoms with Gasteiger partial charge in [0.05, 0.1) is 24.4 Å². The van der Waals surface area contributed by atoms with Gasteiger partial charge in [0.15, 0.2) is 0 Å². The van der Waals surface area contributed by atoms with E-state index in [0.717, 1.165) is 0 Å². The van der Waals surface area contributed by atoms with Gasteiger partial charge in [0.1, 0.15) is 5.82 Å². The highest BCUT2D eigenvalue weighted by Gasteiger charge is 2.18. The molecule has 1 rings (SSSR count). The van der Waals surface area contributed by atoms with Gasteiger partial charge in [0, 0.05) is 6.54 Å². The summed E-state index contributed by atoms with van der Waals surface area (Å²) in [5.41, 5.74) is 0. The number of hydrogen-bond donors (Lipinski definition) is 2. The maximum Gasteiger partial charge on any atom is 0.308 e. The summed E-state index contributed by atoms with van der Waals surface area (Å²) in [5.74, 6) is 0.0544. The Hall–Kier alpha value is -1.85. The Morgan fingerprint density at radius 3 is 2.60 bits per heavy atom. The van der Waals surface area contributed by atoms with E-state index in [-0.39, 0.29) is 6.10 Å². The van der Waals surface area contributed by atoms with E-state index in [9.17, 15) is 9.90 Å². The molecular formula is C14H23N3O3. The lowest BCUT2D eigenvalue weighted by Crippen LogP contribution is -2.24. The van der Waals surface area contributed by atoms with E-state index >= 15 is 0 Å². The Morgan fingerprint density at radius 2 is 2.05 bits per heavy atom. The molecule has 1 heterocycles. The molecule has 0 fully saturated rings. The molecule has 0 aliphatic rings. The predicted octanol–water partition coefficient (Wildman–Crippen LogP) is 2.42. The van der Waals surface area contributed by atoms with Crippen LogP contribution in [0.2, 0.25) is 0 Å². The van der Waals surface area contributed by atoms with Gasteiger partial charge in [0.2, 0.25) is 5.88 Å². The molecule has 0 bridgehead atoms. The summed E-state index contributed by atoms with van der Waals surface area (Å²) >= 11 is 0. The monoisotopic (exact) mass is 281 g/mol. The Morgan fingerprint density at radius 1 is 1.35 bits per heavy atom. The van der Waals surface area contributed by atoms with Gasteiger partial charge in [-0.1, -0.05) is 13.8 Å². The second-order valence-electron chi connectivity index (χ2n) is 5.45. The average molecular weight is 281 g/mol. The minimum atomic E-state index is -0.797. The van der Waals surface area contributed by atoms with Crippen LogP contribution in [-0.4, -0.2) is 33.7 Å². The van der Waals surface area contributed by atoms with Gasteiger partial charge in [-0.2, -0.15) is 4.98 Å². The van der Waals surface area contributed by atoms with Gasteiger partial charge >= 0.3 is 5.97 Å². The van der Waals surface area contributed by atoms with Gasteiger partial charge < -0.3 is 15.2 Å². The summed E-state index contributed by atoms with van der Waals surface area (Å²) in [6, 6.07) is 0. The third-order valence-electron chi connectivity index (χ3n) is 2.60. The number of ether oxygens (including phenoxy) is 1. The normalized spacial score (nSPS) is 12.5. The molecule has 112 valence electrons. The van der Waals surface area contributed by atoms with Crippen molar-refractivity contribution in [2.75, 3.05) is 11.9 Å². The Balaban J connectivity index is 2.61. The number of anilines is 1. The molecular weight excluding hydrogens is 258 g/mol. The van der Waals surface area contributed by atoms with Gasteiger partial charge in [-0.3, -0.25) is 9.78 Å². The Kier molecular flexibility index (Phi) is 6.21. The fourth-order valence-electron chi connectivity index (χ4n) is 1.80. The maximum atomic E-state index is 11.2. The number of hydrogen-bond acceptors (Lipinski definition) is 5. The molecule has 2 N–H and O–H groups in total. The van der Waals surface area contributed by atoms with Crippen LogP contribution in [0.4, 0.5) is 5.82 Å². The van der Waals surface area contributed by atoms with Crippen molar-refractivity contribution < 1.29 is 14.6 Å². The Labute approximate surface area is 119 Å². The van der Waals surface area contributed by atoms with E-state index in [1.165, 1.54) is 6.20 Å². The van der Waals surface area contributed by atoms with E-state index in [1.807, 2.05) is 27.7 Å². The molecule has 0 aliphatic heterocycles. The van der Waals surface area contributed by atoms with Crippen molar-refractivity contribution in [2.24, 2.45) is 11.8 Å². The molecule has 1 aromatic heterocycles. The molecule has 0 aliphatic carbocycles. The van der Waals surface area contributed by atoms with Gasteiger partial charge in [-0.15, -0.1) is 0 Å². The maximum absolute atomic E-state index is 11.2. The molecule has 20 heavy (non-hydrogen) atoms. The van der Waals surface area contributed by atoms with Crippen molar-refractivity contribution in [3.8, 4) is 5.88 Å². The zero-order valence-electron chi connectivity index (χ0n) is 12.5. The van der Waals surface area contributed by atoms with Crippen LogP contribution >= 0.6 is 0 Å². The Bertz CT molecular complexity index is 435. The number of nitrogens with zero attached hydrogens (tertiary/aromatic N) is 2. The lowest BCUT2D eigenvalue weighted by molar-refractivity contribution is -0.141. The van der Waals surface area contributed by atoms with Crippen LogP contribution in [0.25, 0.3) is 0 Å². The first-order chi connectivity index (χ1) is 9.38. The highest BCUT2D eigenvalue weighted by atomic mass is 16.5. The zero-order valence-corrected chi connectivity index (χ0v) is 12.5. The van der Waals surface area contributed by atoms with Crippen LogP contribution in [0.5, 0.6) is 5.88 Å². The van der Waals surface area contributed by atoms with Crippen LogP contribution in [0, 0.1) is 11.8 Å². The molecule has 0 saturated heterocycles. The van der Waals surface area contributed by atoms with Crippen LogP contribution in [0.15, 0.2) is 12.4 Å². The van der Waals surface area contributed by atoms with Crippen molar-refractivity contribution in [1.29, 1.82) is 0 Å². The summed E-state index contributed by atoms with van der Waals surface area (Å²) in [5, 5.41) is 12.2. The molecule has 0 saturated carbocycles. The first-order valence-corrected chi connectivity index (χ1v) is 6.83. The highest BCUT2D eigenvalue weighted by molar-refractivity contribution is 5.70. The number of nitrogens with one attached hydrogen (secondary N) is 1. The summed E-state index contributed by atoms with van der Waals surface area (Å²) in [4.78, 5) is 19.4. The van der Waals surface area contributed by atoms with Crippen LogP contribution in [0.3, 0.4) is 0 Å². The number of rotatable bonds is 8. The van der Waals surface area contributed by atoms with E-state index in [0.29, 0.717) is 30.6 Å². The van der Waals surface area contributed by atoms with Crippen molar-refractivity contribution in [1.82, 2.24) is 9.97 Å². The number of aliphatic carboxylic acids is 1. The molecule has 1 atom stereocenters. The molecule has 0 amide bonds. The fourth-order valence-corrected chi connectivity index (χ4v) is 1.80. The molecule has 1 aromatic rings. The first-order valence-electron chi connectivity index (χ1n) is 6.83. The topological polar surface area (TPSA) is 84.3 Å². The third kappa shape index (κ3) is 5.86. The molecule has 6 heteroatoms. The molecule has 0 aromatic carbocycles. The summed E-state index contributed by atoms with van der Waals surface area (Å²) in [7, 11) is 0. The number of carboxylic acids is 1. The second-order valence-corrected chi connectivity index (χ2v) is 5.45. The highest BCUT2D eigenvalue weighted by Crippen LogP contribution is 2.15. The van der Waals surface area contributed by atoms with Crippen LogP contribution < -0.4 is 10.1 Å². The third-order valence-corrected chi connectivity index (χ3v) is 2.60. The molecule has 0 radical (unpaired) electrons. The standard InChI is InChI=1S/C14H23N3O3/c1-9(2)5-11(14(18)19)6-16-12-7-15-8-13(17-12)20-10(3)4/h7-11H,5-6H2,1-4H3,(H,16,17)(H,18,19). The minimum Gasteiger partial charge on any atom is -0.481 e. The largest absolute Gasteiger partial charge is 0.481 e. The van der Waals surface area contributed by atoms with Crippen molar-refractivity contribution >= 4 is 11.8 Å². The van der Waals surface area contributed by atoms with Crippen molar-refractivity contribution in [3.05, 3.63) is 12.4 Å². The van der Waals surface area contributed by atoms with Crippen molar-refractivity contribution in [3.63, 3.8) is 0 Å². The predicted molar refractivity (Wildman–Crippen MR) is 76.9 cm³/mol. The van der Waals surface area contributed by atoms with Gasteiger partial charge in [-0.25, -0.2) is 0 Å². The summed E-state index contributed by atoms with van der Waals surface area (Å²) in [6.07, 6.45) is 3.74. The fraction of sp³-hybridized carbons (Fsp3) is 0.643. The number of carbonyl (C=O) groups is 1. The first kappa shape index (κ1) is 16.2. The van der Waals surface area contributed by atoms with Crippen molar-refractivity contribution in [2.45, 2.75) is 40.2 Å². The summed E-state index contributed by atoms with van der Waals surface area (Å²) in [6.45, 7) is 8.16. The molecule has 6 nitrogen and oxygen atoms in total. The SMILES string of the molecule is CC(C)CC(CNc1cncc(OC(C)C)n1)C(=O)O. The van der Waals surface area contributed by atoms with E-state index in [2.05, 4.69) is 15.3 Å². The minimum absolute atomic E-state index is 0.0206.